The number of benzene rings is 2. The summed E-state index contributed by atoms with van der Waals surface area (Å²) in [4.78, 5) is 15.5. The lowest BCUT2D eigenvalue weighted by Crippen LogP contribution is -2.43. The standard InChI is InChI=1S/C23H26N2O2/c1-25-19-11-12-20(25)15-21(14-19)27-23(26)22(13-16-5-3-2-4-6-16)17-7-9-18(24)10-8-17/h2-10,13,19-21H,11-12,14-15,24H2,1H3/b22-13+. The van der Waals surface area contributed by atoms with Crippen molar-refractivity contribution in [1.29, 1.82) is 0 Å². The number of nitrogens with two attached hydrogens (primary N) is 1. The van der Waals surface area contributed by atoms with Crippen LogP contribution in [0.15, 0.2) is 54.6 Å². The van der Waals surface area contributed by atoms with E-state index in [1.165, 1.54) is 12.8 Å². The molecule has 0 spiro atoms. The molecule has 2 fully saturated rings. The molecule has 0 amide bonds. The molecule has 0 saturated carbocycles. The Kier molecular flexibility index (Phi) is 4.99. The molecular weight excluding hydrogens is 336 g/mol. The average molecular weight is 362 g/mol. The van der Waals surface area contributed by atoms with E-state index in [-0.39, 0.29) is 12.1 Å². The van der Waals surface area contributed by atoms with E-state index < -0.39 is 0 Å². The second-order valence-corrected chi connectivity index (χ2v) is 7.64. The largest absolute Gasteiger partial charge is 0.459 e. The van der Waals surface area contributed by atoms with E-state index in [0.717, 1.165) is 24.0 Å². The molecule has 2 aromatic rings. The summed E-state index contributed by atoms with van der Waals surface area (Å²) in [6.45, 7) is 0. The van der Waals surface area contributed by atoms with E-state index in [4.69, 9.17) is 10.5 Å². The third-order valence-electron chi connectivity index (χ3n) is 5.88. The Morgan fingerprint density at radius 1 is 1.04 bits per heavy atom. The van der Waals surface area contributed by atoms with Crippen molar-refractivity contribution in [2.24, 2.45) is 0 Å². The number of rotatable bonds is 4. The summed E-state index contributed by atoms with van der Waals surface area (Å²) >= 11 is 0. The van der Waals surface area contributed by atoms with Crippen LogP contribution < -0.4 is 5.73 Å². The van der Waals surface area contributed by atoms with Crippen molar-refractivity contribution in [3.63, 3.8) is 0 Å². The van der Waals surface area contributed by atoms with Crippen LogP contribution in [0.1, 0.15) is 36.8 Å². The van der Waals surface area contributed by atoms with Gasteiger partial charge in [-0.25, -0.2) is 4.79 Å². The maximum atomic E-state index is 13.1. The van der Waals surface area contributed by atoms with Gasteiger partial charge in [-0.2, -0.15) is 0 Å². The lowest BCUT2D eigenvalue weighted by atomic mass is 9.99. The predicted octanol–water partition coefficient (Wildman–Crippen LogP) is 3.98. The van der Waals surface area contributed by atoms with Crippen molar-refractivity contribution in [2.45, 2.75) is 43.9 Å². The molecule has 2 unspecified atom stereocenters. The fourth-order valence-electron chi connectivity index (χ4n) is 4.31. The molecular formula is C23H26N2O2. The summed E-state index contributed by atoms with van der Waals surface area (Å²) in [6.07, 6.45) is 6.18. The van der Waals surface area contributed by atoms with Gasteiger partial charge in [-0.15, -0.1) is 0 Å². The first kappa shape index (κ1) is 17.8. The first-order valence-electron chi connectivity index (χ1n) is 9.66. The van der Waals surface area contributed by atoms with Gasteiger partial charge in [0.2, 0.25) is 0 Å². The summed E-state index contributed by atoms with van der Waals surface area (Å²) in [5.74, 6) is -0.252. The molecule has 2 aliphatic rings. The molecule has 2 heterocycles. The number of nitrogen functional groups attached to an aromatic ring is 1. The number of nitrogens with zero attached hydrogens (tertiary/aromatic N) is 1. The highest BCUT2D eigenvalue weighted by Gasteiger charge is 2.40. The fourth-order valence-corrected chi connectivity index (χ4v) is 4.31. The number of esters is 1. The van der Waals surface area contributed by atoms with E-state index in [0.29, 0.717) is 23.3 Å². The molecule has 2 aromatic carbocycles. The number of ether oxygens (including phenoxy) is 1. The first-order chi connectivity index (χ1) is 13.1. The normalized spacial score (nSPS) is 25.4. The SMILES string of the molecule is CN1C2CCC1CC(OC(=O)/C(=C/c1ccccc1)c1ccc(N)cc1)C2. The zero-order chi connectivity index (χ0) is 18.8. The molecule has 4 rings (SSSR count). The third-order valence-corrected chi connectivity index (χ3v) is 5.88. The second kappa shape index (κ2) is 7.57. The van der Waals surface area contributed by atoms with E-state index >= 15 is 0 Å². The van der Waals surface area contributed by atoms with Crippen molar-refractivity contribution < 1.29 is 9.53 Å². The molecule has 2 aliphatic heterocycles. The number of carbonyl (C=O) groups is 1. The van der Waals surface area contributed by atoms with Crippen molar-refractivity contribution >= 4 is 23.3 Å². The molecule has 0 radical (unpaired) electrons. The predicted molar refractivity (Wildman–Crippen MR) is 109 cm³/mol. The van der Waals surface area contributed by atoms with Gasteiger partial charge in [0, 0.05) is 30.6 Å². The third kappa shape index (κ3) is 3.91. The second-order valence-electron chi connectivity index (χ2n) is 7.64. The lowest BCUT2D eigenvalue weighted by Gasteiger charge is -2.35. The Morgan fingerprint density at radius 2 is 1.67 bits per heavy atom. The van der Waals surface area contributed by atoms with Gasteiger partial charge in [0.25, 0.3) is 0 Å². The van der Waals surface area contributed by atoms with Crippen LogP contribution in [-0.4, -0.2) is 36.1 Å². The number of hydrogen-bond acceptors (Lipinski definition) is 4. The van der Waals surface area contributed by atoms with Crippen molar-refractivity contribution in [3.05, 3.63) is 65.7 Å². The van der Waals surface area contributed by atoms with Crippen LogP contribution in [0.25, 0.3) is 11.6 Å². The van der Waals surface area contributed by atoms with Gasteiger partial charge < -0.3 is 15.4 Å². The summed E-state index contributed by atoms with van der Waals surface area (Å²) in [6, 6.07) is 18.3. The molecule has 2 bridgehead atoms. The van der Waals surface area contributed by atoms with Crippen molar-refractivity contribution in [1.82, 2.24) is 4.90 Å². The number of carbonyl (C=O) groups excluding carboxylic acids is 1. The van der Waals surface area contributed by atoms with Crippen LogP contribution in [0.5, 0.6) is 0 Å². The number of piperidine rings is 1. The fraction of sp³-hybridized carbons (Fsp3) is 0.348. The summed E-state index contributed by atoms with van der Waals surface area (Å²) < 4.78 is 5.97. The van der Waals surface area contributed by atoms with E-state index in [1.54, 1.807) is 0 Å². The van der Waals surface area contributed by atoms with Crippen LogP contribution >= 0.6 is 0 Å². The zero-order valence-corrected chi connectivity index (χ0v) is 15.7. The average Bonchev–Trinajstić information content (AvgIpc) is 2.89. The van der Waals surface area contributed by atoms with Crippen LogP contribution in [0.2, 0.25) is 0 Å². The number of anilines is 1. The Labute approximate surface area is 160 Å². The van der Waals surface area contributed by atoms with Crippen molar-refractivity contribution in [3.8, 4) is 0 Å². The van der Waals surface area contributed by atoms with Crippen LogP contribution in [0, 0.1) is 0 Å². The van der Waals surface area contributed by atoms with E-state index in [1.807, 2.05) is 60.7 Å². The lowest BCUT2D eigenvalue weighted by molar-refractivity contribution is -0.144. The summed E-state index contributed by atoms with van der Waals surface area (Å²) in [5.41, 5.74) is 8.87. The molecule has 27 heavy (non-hydrogen) atoms. The molecule has 2 atom stereocenters. The Morgan fingerprint density at radius 3 is 2.30 bits per heavy atom. The van der Waals surface area contributed by atoms with E-state index in [2.05, 4.69) is 11.9 Å². The minimum atomic E-state index is -0.252. The van der Waals surface area contributed by atoms with Crippen LogP contribution in [-0.2, 0) is 9.53 Å². The molecule has 140 valence electrons. The number of hydrogen-bond donors (Lipinski definition) is 1. The molecule has 2 N–H and O–H groups in total. The highest BCUT2D eigenvalue weighted by atomic mass is 16.5. The maximum absolute atomic E-state index is 13.1. The van der Waals surface area contributed by atoms with Crippen molar-refractivity contribution in [2.75, 3.05) is 12.8 Å². The van der Waals surface area contributed by atoms with Gasteiger partial charge in [0.05, 0.1) is 5.57 Å². The smallest absolute Gasteiger partial charge is 0.339 e. The minimum absolute atomic E-state index is 0.000782. The Hall–Kier alpha value is -2.59. The van der Waals surface area contributed by atoms with Gasteiger partial charge in [-0.3, -0.25) is 0 Å². The molecule has 4 nitrogen and oxygen atoms in total. The summed E-state index contributed by atoms with van der Waals surface area (Å²) in [7, 11) is 2.19. The van der Waals surface area contributed by atoms with Gasteiger partial charge in [-0.05, 0) is 49.2 Å². The topological polar surface area (TPSA) is 55.6 Å². The zero-order valence-electron chi connectivity index (χ0n) is 15.7. The summed E-state index contributed by atoms with van der Waals surface area (Å²) in [5, 5.41) is 0. The monoisotopic (exact) mass is 362 g/mol. The highest BCUT2D eigenvalue weighted by Crippen LogP contribution is 2.36. The minimum Gasteiger partial charge on any atom is -0.459 e. The molecule has 2 saturated heterocycles. The quantitative estimate of drug-likeness (QED) is 0.387. The first-order valence-corrected chi connectivity index (χ1v) is 9.66. The van der Waals surface area contributed by atoms with Gasteiger partial charge in [0.15, 0.2) is 0 Å². The maximum Gasteiger partial charge on any atom is 0.339 e. The molecule has 0 aliphatic carbocycles. The van der Waals surface area contributed by atoms with Crippen LogP contribution in [0.3, 0.4) is 0 Å². The van der Waals surface area contributed by atoms with Crippen LogP contribution in [0.4, 0.5) is 5.69 Å². The Balaban J connectivity index is 1.57. The van der Waals surface area contributed by atoms with Gasteiger partial charge >= 0.3 is 5.97 Å². The molecule has 4 heteroatoms. The van der Waals surface area contributed by atoms with Gasteiger partial charge in [-0.1, -0.05) is 42.5 Å². The highest BCUT2D eigenvalue weighted by molar-refractivity contribution is 6.21. The molecule has 0 aromatic heterocycles. The Bertz CT molecular complexity index is 815. The van der Waals surface area contributed by atoms with E-state index in [9.17, 15) is 4.79 Å². The number of fused-ring (bicyclic) bond motifs is 2. The van der Waals surface area contributed by atoms with Gasteiger partial charge in [0.1, 0.15) is 6.10 Å².